The highest BCUT2D eigenvalue weighted by Crippen LogP contribution is 2.03. The van der Waals surface area contributed by atoms with Crippen LogP contribution in [0.4, 0.5) is 0 Å². The first-order chi connectivity index (χ1) is 6.76. The fourth-order valence-electron chi connectivity index (χ4n) is 0.778. The summed E-state index contributed by atoms with van der Waals surface area (Å²) in [5, 5.41) is 9.07. The van der Waals surface area contributed by atoms with E-state index in [4.69, 9.17) is 9.66 Å². The lowest BCUT2D eigenvalue weighted by atomic mass is 10.1. The van der Waals surface area contributed by atoms with Crippen LogP contribution in [0.1, 0.15) is 20.3 Å². The van der Waals surface area contributed by atoms with E-state index in [0.717, 1.165) is 0 Å². The standard InChI is InChI=1S/C8H16O6S/c1-3-6(2)8(10)14-4-7(9)5-15(11,12)13/h6-7,9H,3-5H2,1-2H3,(H,11,12,13). The Morgan fingerprint density at radius 2 is 2.00 bits per heavy atom. The van der Waals surface area contributed by atoms with Gasteiger partial charge in [-0.15, -0.1) is 0 Å². The van der Waals surface area contributed by atoms with Gasteiger partial charge >= 0.3 is 5.97 Å². The SMILES string of the molecule is CCC(C)C(=O)OCC(O)CS(=O)(=O)O. The molecular weight excluding hydrogens is 224 g/mol. The van der Waals surface area contributed by atoms with E-state index in [0.29, 0.717) is 6.42 Å². The zero-order valence-corrected chi connectivity index (χ0v) is 9.53. The molecule has 0 spiro atoms. The molecule has 0 rings (SSSR count). The lowest BCUT2D eigenvalue weighted by Gasteiger charge is -2.12. The molecule has 90 valence electrons. The summed E-state index contributed by atoms with van der Waals surface area (Å²) in [6.07, 6.45) is -0.791. The van der Waals surface area contributed by atoms with Gasteiger partial charge in [-0.05, 0) is 6.42 Å². The van der Waals surface area contributed by atoms with Crippen molar-refractivity contribution in [2.45, 2.75) is 26.4 Å². The van der Waals surface area contributed by atoms with Crippen molar-refractivity contribution in [2.24, 2.45) is 5.92 Å². The Balaban J connectivity index is 3.91. The van der Waals surface area contributed by atoms with E-state index in [1.807, 2.05) is 0 Å². The van der Waals surface area contributed by atoms with Crippen molar-refractivity contribution in [1.82, 2.24) is 0 Å². The van der Waals surface area contributed by atoms with Gasteiger partial charge in [0.1, 0.15) is 18.5 Å². The average Bonchev–Trinajstić information content (AvgIpc) is 2.10. The van der Waals surface area contributed by atoms with Crippen LogP contribution in [0.5, 0.6) is 0 Å². The van der Waals surface area contributed by atoms with Crippen molar-refractivity contribution in [3.8, 4) is 0 Å². The average molecular weight is 240 g/mol. The molecule has 0 bridgehead atoms. The lowest BCUT2D eigenvalue weighted by molar-refractivity contribution is -0.150. The van der Waals surface area contributed by atoms with Crippen molar-refractivity contribution in [2.75, 3.05) is 12.4 Å². The number of hydrogen-bond donors (Lipinski definition) is 2. The zero-order chi connectivity index (χ0) is 12.1. The number of aliphatic hydroxyl groups excluding tert-OH is 1. The summed E-state index contributed by atoms with van der Waals surface area (Å²) in [5.41, 5.74) is 0. The topological polar surface area (TPSA) is 101 Å². The second-order valence-electron chi connectivity index (χ2n) is 3.34. The maximum atomic E-state index is 11.1. The second kappa shape index (κ2) is 6.04. The van der Waals surface area contributed by atoms with E-state index >= 15 is 0 Å². The van der Waals surface area contributed by atoms with Gasteiger partial charge in [-0.1, -0.05) is 13.8 Å². The molecular formula is C8H16O6S. The quantitative estimate of drug-likeness (QED) is 0.493. The third-order valence-corrected chi connectivity index (χ3v) is 2.64. The van der Waals surface area contributed by atoms with E-state index in [9.17, 15) is 13.2 Å². The van der Waals surface area contributed by atoms with Crippen LogP contribution in [0.15, 0.2) is 0 Å². The van der Waals surface area contributed by atoms with Crippen LogP contribution in [-0.2, 0) is 19.6 Å². The number of hydrogen-bond acceptors (Lipinski definition) is 5. The second-order valence-corrected chi connectivity index (χ2v) is 4.84. The van der Waals surface area contributed by atoms with Crippen molar-refractivity contribution >= 4 is 16.1 Å². The van der Waals surface area contributed by atoms with Crippen LogP contribution in [0.25, 0.3) is 0 Å². The Morgan fingerprint density at radius 3 is 2.40 bits per heavy atom. The first kappa shape index (κ1) is 14.3. The predicted octanol–water partition coefficient (Wildman–Crippen LogP) is -0.176. The minimum atomic E-state index is -4.24. The molecule has 2 unspecified atom stereocenters. The maximum absolute atomic E-state index is 11.1. The van der Waals surface area contributed by atoms with E-state index in [1.54, 1.807) is 13.8 Å². The van der Waals surface area contributed by atoms with E-state index < -0.39 is 34.6 Å². The van der Waals surface area contributed by atoms with Crippen molar-refractivity contribution in [3.05, 3.63) is 0 Å². The minimum Gasteiger partial charge on any atom is -0.463 e. The molecule has 0 aromatic rings. The van der Waals surface area contributed by atoms with E-state index in [2.05, 4.69) is 4.74 Å². The summed E-state index contributed by atoms with van der Waals surface area (Å²) in [5.74, 6) is -1.62. The maximum Gasteiger partial charge on any atom is 0.308 e. The van der Waals surface area contributed by atoms with Crippen LogP contribution in [0.2, 0.25) is 0 Å². The smallest absolute Gasteiger partial charge is 0.308 e. The highest BCUT2D eigenvalue weighted by molar-refractivity contribution is 7.85. The molecule has 0 aliphatic carbocycles. The Labute approximate surface area is 89.0 Å². The number of carbonyl (C=O) groups is 1. The van der Waals surface area contributed by atoms with Gasteiger partial charge < -0.3 is 9.84 Å². The molecule has 0 aromatic carbocycles. The fraction of sp³-hybridized carbons (Fsp3) is 0.875. The Bertz CT molecular complexity index is 296. The Morgan fingerprint density at radius 1 is 1.47 bits per heavy atom. The molecule has 0 aliphatic rings. The van der Waals surface area contributed by atoms with Crippen LogP contribution in [0.3, 0.4) is 0 Å². The monoisotopic (exact) mass is 240 g/mol. The third kappa shape index (κ3) is 7.29. The minimum absolute atomic E-state index is 0.289. The number of aliphatic hydroxyl groups is 1. The van der Waals surface area contributed by atoms with E-state index in [-0.39, 0.29) is 5.92 Å². The first-order valence-electron chi connectivity index (χ1n) is 4.56. The summed E-state index contributed by atoms with van der Waals surface area (Å²) in [6.45, 7) is 3.04. The van der Waals surface area contributed by atoms with Crippen molar-refractivity contribution in [1.29, 1.82) is 0 Å². The molecule has 6 nitrogen and oxygen atoms in total. The van der Waals surface area contributed by atoms with Gasteiger partial charge in [0.25, 0.3) is 10.1 Å². The highest BCUT2D eigenvalue weighted by Gasteiger charge is 2.18. The van der Waals surface area contributed by atoms with Crippen LogP contribution in [-0.4, -0.2) is 42.5 Å². The van der Waals surface area contributed by atoms with Gasteiger partial charge in [-0.2, -0.15) is 8.42 Å². The molecule has 15 heavy (non-hydrogen) atoms. The number of ether oxygens (including phenoxy) is 1. The molecule has 0 heterocycles. The lowest BCUT2D eigenvalue weighted by Crippen LogP contribution is -2.28. The number of esters is 1. The van der Waals surface area contributed by atoms with Crippen molar-refractivity contribution < 1.29 is 27.6 Å². The molecule has 7 heteroatoms. The largest absolute Gasteiger partial charge is 0.463 e. The first-order valence-corrected chi connectivity index (χ1v) is 6.17. The molecule has 2 atom stereocenters. The molecule has 0 saturated heterocycles. The Kier molecular flexibility index (Phi) is 5.77. The highest BCUT2D eigenvalue weighted by atomic mass is 32.2. The molecule has 0 radical (unpaired) electrons. The van der Waals surface area contributed by atoms with Gasteiger partial charge in [-0.3, -0.25) is 9.35 Å². The normalized spacial score (nSPS) is 15.7. The number of rotatable bonds is 6. The van der Waals surface area contributed by atoms with Gasteiger partial charge in [0.15, 0.2) is 0 Å². The summed E-state index contributed by atoms with van der Waals surface area (Å²) < 4.78 is 33.7. The summed E-state index contributed by atoms with van der Waals surface area (Å²) >= 11 is 0. The van der Waals surface area contributed by atoms with Crippen LogP contribution >= 0.6 is 0 Å². The molecule has 0 aromatic heterocycles. The van der Waals surface area contributed by atoms with Gasteiger partial charge in [0, 0.05) is 0 Å². The summed E-state index contributed by atoms with van der Waals surface area (Å²) in [4.78, 5) is 11.1. The number of carbonyl (C=O) groups excluding carboxylic acids is 1. The summed E-state index contributed by atoms with van der Waals surface area (Å²) in [7, 11) is -4.24. The molecule has 0 saturated carbocycles. The third-order valence-electron chi connectivity index (χ3n) is 1.84. The molecule has 0 amide bonds. The zero-order valence-electron chi connectivity index (χ0n) is 8.71. The van der Waals surface area contributed by atoms with Gasteiger partial charge in [-0.25, -0.2) is 0 Å². The molecule has 0 fully saturated rings. The van der Waals surface area contributed by atoms with Gasteiger partial charge in [0.05, 0.1) is 5.92 Å². The molecule has 0 aliphatic heterocycles. The predicted molar refractivity (Wildman–Crippen MR) is 52.8 cm³/mol. The summed E-state index contributed by atoms with van der Waals surface area (Å²) in [6, 6.07) is 0. The van der Waals surface area contributed by atoms with Crippen molar-refractivity contribution in [3.63, 3.8) is 0 Å². The van der Waals surface area contributed by atoms with E-state index in [1.165, 1.54) is 0 Å². The van der Waals surface area contributed by atoms with Crippen LogP contribution in [0, 0.1) is 5.92 Å². The van der Waals surface area contributed by atoms with Gasteiger partial charge in [0.2, 0.25) is 0 Å². The molecule has 2 N–H and O–H groups in total. The Hall–Kier alpha value is -0.660. The van der Waals surface area contributed by atoms with Crippen LogP contribution < -0.4 is 0 Å². The fourth-order valence-corrected chi connectivity index (χ4v) is 1.36.